The first-order chi connectivity index (χ1) is 15.2. The van der Waals surface area contributed by atoms with Crippen LogP contribution in [0.25, 0.3) is 5.76 Å². The smallest absolute Gasteiger partial charge is 0.295 e. The summed E-state index contributed by atoms with van der Waals surface area (Å²) in [4.78, 5) is 27.3. The second kappa shape index (κ2) is 10.3. The summed E-state index contributed by atoms with van der Waals surface area (Å²) in [5.41, 5.74) is 2.04. The van der Waals surface area contributed by atoms with Gasteiger partial charge < -0.3 is 19.5 Å². The number of aliphatic hydroxyl groups is 1. The number of likely N-dealkylation sites (tertiary alicyclic amines) is 1. The standard InChI is InChI=1S/C25H28BrNO5/c1-15(2)14-32-19-8-9-20(16(3)12-19)23(28)21-22(17-6-5-7-18(26)13-17)27(10-11-31-4)25(30)24(21)29/h5-9,12-13,15,22,28H,10-11,14H2,1-4H3/t22-/m1/s1. The minimum Gasteiger partial charge on any atom is -0.507 e. The first kappa shape index (κ1) is 24.0. The minimum absolute atomic E-state index is 0.0724. The summed E-state index contributed by atoms with van der Waals surface area (Å²) in [6, 6.07) is 12.0. The average molecular weight is 502 g/mol. The van der Waals surface area contributed by atoms with Crippen molar-refractivity contribution in [1.29, 1.82) is 0 Å². The molecule has 1 aliphatic rings. The molecule has 32 heavy (non-hydrogen) atoms. The zero-order valence-corrected chi connectivity index (χ0v) is 20.3. The van der Waals surface area contributed by atoms with Gasteiger partial charge in [0.15, 0.2) is 0 Å². The molecule has 1 fully saturated rings. The third-order valence-electron chi connectivity index (χ3n) is 5.28. The van der Waals surface area contributed by atoms with Gasteiger partial charge in [-0.05, 0) is 54.3 Å². The molecule has 2 aromatic rings. The van der Waals surface area contributed by atoms with Gasteiger partial charge in [0.25, 0.3) is 11.7 Å². The highest BCUT2D eigenvalue weighted by molar-refractivity contribution is 9.10. The molecule has 0 aromatic heterocycles. The highest BCUT2D eigenvalue weighted by Crippen LogP contribution is 2.40. The lowest BCUT2D eigenvalue weighted by atomic mass is 9.94. The third-order valence-corrected chi connectivity index (χ3v) is 5.77. The molecule has 6 nitrogen and oxygen atoms in total. The molecule has 7 heteroatoms. The molecule has 170 valence electrons. The van der Waals surface area contributed by atoms with E-state index in [0.717, 1.165) is 15.6 Å². The van der Waals surface area contributed by atoms with Crippen molar-refractivity contribution < 1.29 is 24.2 Å². The molecular weight excluding hydrogens is 474 g/mol. The zero-order chi connectivity index (χ0) is 23.4. The van der Waals surface area contributed by atoms with Crippen LogP contribution in [0.5, 0.6) is 5.75 Å². The molecule has 1 aliphatic heterocycles. The Morgan fingerprint density at radius 1 is 1.19 bits per heavy atom. The van der Waals surface area contributed by atoms with Crippen molar-refractivity contribution in [2.24, 2.45) is 5.92 Å². The van der Waals surface area contributed by atoms with Gasteiger partial charge in [-0.15, -0.1) is 0 Å². The van der Waals surface area contributed by atoms with Crippen LogP contribution in [0.4, 0.5) is 0 Å². The number of hydrogen-bond donors (Lipinski definition) is 1. The van der Waals surface area contributed by atoms with E-state index in [1.165, 1.54) is 12.0 Å². The summed E-state index contributed by atoms with van der Waals surface area (Å²) >= 11 is 3.45. The summed E-state index contributed by atoms with van der Waals surface area (Å²) in [5.74, 6) is -0.471. The molecule has 0 saturated carbocycles. The van der Waals surface area contributed by atoms with Crippen LogP contribution in [0.2, 0.25) is 0 Å². The Hall–Kier alpha value is -2.64. The monoisotopic (exact) mass is 501 g/mol. The minimum atomic E-state index is -0.709. The van der Waals surface area contributed by atoms with Crippen LogP contribution >= 0.6 is 15.9 Å². The average Bonchev–Trinajstić information content (AvgIpc) is 3.00. The van der Waals surface area contributed by atoms with Gasteiger partial charge in [-0.3, -0.25) is 9.59 Å². The van der Waals surface area contributed by atoms with E-state index in [4.69, 9.17) is 9.47 Å². The van der Waals surface area contributed by atoms with Crippen LogP contribution in [0, 0.1) is 12.8 Å². The lowest BCUT2D eigenvalue weighted by Gasteiger charge is -2.25. The molecule has 1 atom stereocenters. The van der Waals surface area contributed by atoms with Crippen LogP contribution < -0.4 is 4.74 Å². The molecule has 0 radical (unpaired) electrons. The molecule has 1 amide bonds. The van der Waals surface area contributed by atoms with Gasteiger partial charge in [0.2, 0.25) is 0 Å². The largest absolute Gasteiger partial charge is 0.507 e. The predicted octanol–water partition coefficient (Wildman–Crippen LogP) is 4.86. The molecule has 2 aromatic carbocycles. The van der Waals surface area contributed by atoms with Crippen LogP contribution in [0.3, 0.4) is 0 Å². The summed E-state index contributed by atoms with van der Waals surface area (Å²) in [6.07, 6.45) is 0. The molecule has 0 bridgehead atoms. The van der Waals surface area contributed by atoms with Gasteiger partial charge >= 0.3 is 0 Å². The van der Waals surface area contributed by atoms with Crippen molar-refractivity contribution in [3.8, 4) is 5.75 Å². The van der Waals surface area contributed by atoms with E-state index >= 15 is 0 Å². The van der Waals surface area contributed by atoms with Crippen molar-refractivity contribution >= 4 is 33.4 Å². The van der Waals surface area contributed by atoms with E-state index in [1.54, 1.807) is 12.1 Å². The number of methoxy groups -OCH3 is 1. The molecule has 0 unspecified atom stereocenters. The molecule has 1 N–H and O–H groups in total. The van der Waals surface area contributed by atoms with Gasteiger partial charge in [-0.25, -0.2) is 0 Å². The molecule has 3 rings (SSSR count). The number of carbonyl (C=O) groups excluding carboxylic acids is 2. The van der Waals surface area contributed by atoms with Gasteiger partial charge in [0.05, 0.1) is 24.8 Å². The van der Waals surface area contributed by atoms with Crippen molar-refractivity contribution in [3.63, 3.8) is 0 Å². The van der Waals surface area contributed by atoms with Crippen LogP contribution in [0.15, 0.2) is 52.5 Å². The van der Waals surface area contributed by atoms with Gasteiger partial charge in [-0.2, -0.15) is 0 Å². The van der Waals surface area contributed by atoms with Gasteiger partial charge in [0, 0.05) is 23.7 Å². The number of ketones is 1. The maximum atomic E-state index is 13.0. The quantitative estimate of drug-likeness (QED) is 0.317. The summed E-state index contributed by atoms with van der Waals surface area (Å²) in [6.45, 7) is 7.06. The number of nitrogens with zero attached hydrogens (tertiary/aromatic N) is 1. The van der Waals surface area contributed by atoms with E-state index in [1.807, 2.05) is 37.3 Å². The predicted molar refractivity (Wildman–Crippen MR) is 127 cm³/mol. The number of hydrogen-bond acceptors (Lipinski definition) is 5. The Labute approximate surface area is 197 Å². The number of halogens is 1. The highest BCUT2D eigenvalue weighted by atomic mass is 79.9. The lowest BCUT2D eigenvalue weighted by molar-refractivity contribution is -0.140. The van der Waals surface area contributed by atoms with Crippen LogP contribution in [-0.4, -0.2) is 48.6 Å². The number of aryl methyl sites for hydroxylation is 1. The fraction of sp³-hybridized carbons (Fsp3) is 0.360. The number of Topliss-reactive ketones (excluding diaryl/α,β-unsaturated/α-hetero) is 1. The molecule has 1 heterocycles. The topological polar surface area (TPSA) is 76.1 Å². The molecule has 0 spiro atoms. The van der Waals surface area contributed by atoms with Crippen LogP contribution in [-0.2, 0) is 14.3 Å². The number of benzene rings is 2. The second-order valence-corrected chi connectivity index (χ2v) is 9.14. The number of aliphatic hydroxyl groups excluding tert-OH is 1. The third kappa shape index (κ3) is 5.05. The van der Waals surface area contributed by atoms with E-state index in [0.29, 0.717) is 23.8 Å². The Bertz CT molecular complexity index is 1050. The fourth-order valence-corrected chi connectivity index (χ4v) is 4.14. The van der Waals surface area contributed by atoms with Gasteiger partial charge in [-0.1, -0.05) is 41.9 Å². The van der Waals surface area contributed by atoms with Crippen molar-refractivity contribution in [2.75, 3.05) is 26.9 Å². The molecule has 1 saturated heterocycles. The second-order valence-electron chi connectivity index (χ2n) is 8.22. The number of ether oxygens (including phenoxy) is 2. The van der Waals surface area contributed by atoms with E-state index in [-0.39, 0.29) is 24.5 Å². The van der Waals surface area contributed by atoms with Crippen LogP contribution in [0.1, 0.15) is 36.6 Å². The summed E-state index contributed by atoms with van der Waals surface area (Å²) in [5, 5.41) is 11.2. The number of amides is 1. The van der Waals surface area contributed by atoms with Crippen molar-refractivity contribution in [3.05, 3.63) is 69.2 Å². The first-order valence-corrected chi connectivity index (χ1v) is 11.3. The number of carbonyl (C=O) groups is 2. The Morgan fingerprint density at radius 3 is 2.56 bits per heavy atom. The van der Waals surface area contributed by atoms with E-state index in [2.05, 4.69) is 29.8 Å². The first-order valence-electron chi connectivity index (χ1n) is 10.5. The zero-order valence-electron chi connectivity index (χ0n) is 18.7. The van der Waals surface area contributed by atoms with Crippen molar-refractivity contribution in [1.82, 2.24) is 4.90 Å². The maximum Gasteiger partial charge on any atom is 0.295 e. The Balaban J connectivity index is 2.09. The highest BCUT2D eigenvalue weighted by Gasteiger charge is 2.46. The molecule has 0 aliphatic carbocycles. The normalized spacial score (nSPS) is 17.9. The number of rotatable bonds is 8. The Kier molecular flexibility index (Phi) is 7.74. The maximum absolute atomic E-state index is 13.0. The Morgan fingerprint density at radius 2 is 1.94 bits per heavy atom. The summed E-state index contributed by atoms with van der Waals surface area (Å²) < 4.78 is 11.7. The SMILES string of the molecule is COCCN1C(=O)C(=O)C(=C(O)c2ccc(OCC(C)C)cc2C)[C@H]1c1cccc(Br)c1. The molecular formula is C25H28BrNO5. The van der Waals surface area contributed by atoms with Crippen molar-refractivity contribution in [2.45, 2.75) is 26.8 Å². The van der Waals surface area contributed by atoms with E-state index < -0.39 is 17.7 Å². The fourth-order valence-electron chi connectivity index (χ4n) is 3.72. The van der Waals surface area contributed by atoms with E-state index in [9.17, 15) is 14.7 Å². The lowest BCUT2D eigenvalue weighted by Crippen LogP contribution is -2.32. The van der Waals surface area contributed by atoms with Gasteiger partial charge in [0.1, 0.15) is 11.5 Å². The summed E-state index contributed by atoms with van der Waals surface area (Å²) in [7, 11) is 1.54.